The van der Waals surface area contributed by atoms with Crippen LogP contribution in [-0.2, 0) is 6.42 Å². The number of nitrogens with one attached hydrogen (secondary N) is 1. The van der Waals surface area contributed by atoms with E-state index in [9.17, 15) is 4.79 Å². The molecule has 4 fully saturated rings. The maximum atomic E-state index is 13.1. The molecule has 0 radical (unpaired) electrons. The molecule has 1 spiro atoms. The van der Waals surface area contributed by atoms with E-state index in [4.69, 9.17) is 11.6 Å². The number of halogens is 1. The van der Waals surface area contributed by atoms with Gasteiger partial charge in [0.15, 0.2) is 0 Å². The van der Waals surface area contributed by atoms with Gasteiger partial charge in [0.2, 0.25) is 0 Å². The molecule has 5 rings (SSSR count). The molecule has 0 heterocycles. The quantitative estimate of drug-likeness (QED) is 0.394. The first-order valence-corrected chi connectivity index (χ1v) is 13.6. The van der Waals surface area contributed by atoms with Crippen LogP contribution in [0.5, 0.6) is 0 Å². The zero-order valence-electron chi connectivity index (χ0n) is 20.1. The van der Waals surface area contributed by atoms with Gasteiger partial charge in [-0.25, -0.2) is 0 Å². The summed E-state index contributed by atoms with van der Waals surface area (Å²) in [7, 11) is 2.21. The average molecular weight is 457 g/mol. The molecular weight excluding hydrogens is 416 g/mol. The topological polar surface area (TPSA) is 32.3 Å². The molecule has 176 valence electrons. The summed E-state index contributed by atoms with van der Waals surface area (Å²) in [6, 6.07) is 6.03. The van der Waals surface area contributed by atoms with E-state index in [2.05, 4.69) is 30.3 Å². The van der Waals surface area contributed by atoms with Crippen molar-refractivity contribution in [1.82, 2.24) is 10.2 Å². The Kier molecular flexibility index (Phi) is 6.35. The molecule has 4 saturated carbocycles. The fraction of sp³-hybridized carbons (Fsp3) is 0.750. The molecule has 32 heavy (non-hydrogen) atoms. The van der Waals surface area contributed by atoms with Gasteiger partial charge < -0.3 is 10.2 Å². The Morgan fingerprint density at radius 3 is 2.81 bits per heavy atom. The van der Waals surface area contributed by atoms with Crippen LogP contribution in [0.1, 0.15) is 87.1 Å². The Balaban J connectivity index is 1.14. The van der Waals surface area contributed by atoms with Crippen LogP contribution in [0.4, 0.5) is 0 Å². The number of hydrogen-bond acceptors (Lipinski definition) is 2. The van der Waals surface area contributed by atoms with Crippen LogP contribution in [0.2, 0.25) is 5.02 Å². The first kappa shape index (κ1) is 22.7. The minimum atomic E-state index is 0.0223. The van der Waals surface area contributed by atoms with E-state index in [-0.39, 0.29) is 5.91 Å². The third-order valence-corrected chi connectivity index (χ3v) is 9.96. The van der Waals surface area contributed by atoms with E-state index in [1.165, 1.54) is 69.9 Å². The summed E-state index contributed by atoms with van der Waals surface area (Å²) < 4.78 is 0. The summed E-state index contributed by atoms with van der Waals surface area (Å²) >= 11 is 6.46. The largest absolute Gasteiger partial charge is 0.351 e. The van der Waals surface area contributed by atoms with Crippen LogP contribution < -0.4 is 5.32 Å². The van der Waals surface area contributed by atoms with E-state index >= 15 is 0 Å². The van der Waals surface area contributed by atoms with Crippen LogP contribution in [0.15, 0.2) is 18.2 Å². The van der Waals surface area contributed by atoms with Crippen molar-refractivity contribution in [2.75, 3.05) is 26.7 Å². The van der Waals surface area contributed by atoms with Crippen molar-refractivity contribution >= 4 is 17.5 Å². The minimum absolute atomic E-state index is 0.0223. The van der Waals surface area contributed by atoms with E-state index in [1.807, 2.05) is 12.1 Å². The molecule has 4 heteroatoms. The number of amides is 1. The number of carbonyl (C=O) groups is 1. The molecule has 0 aliphatic heterocycles. The Hall–Kier alpha value is -1.06. The Bertz CT molecular complexity index is 852. The molecule has 1 aromatic rings. The number of nitrogens with zero attached hydrogens (tertiary/aromatic N) is 1. The van der Waals surface area contributed by atoms with E-state index in [0.717, 1.165) is 43.7 Å². The summed E-state index contributed by atoms with van der Waals surface area (Å²) in [5, 5.41) is 3.91. The second kappa shape index (κ2) is 8.95. The summed E-state index contributed by atoms with van der Waals surface area (Å²) in [5.74, 6) is 2.90. The fourth-order valence-electron chi connectivity index (χ4n) is 8.31. The Morgan fingerprint density at radius 2 is 1.97 bits per heavy atom. The fourth-order valence-corrected chi connectivity index (χ4v) is 8.51. The minimum Gasteiger partial charge on any atom is -0.351 e. The second-order valence-electron chi connectivity index (χ2n) is 11.9. The third kappa shape index (κ3) is 4.13. The lowest BCUT2D eigenvalue weighted by atomic mass is 9.55. The number of aryl methyl sites for hydroxylation is 1. The number of rotatable bonds is 11. The lowest BCUT2D eigenvalue weighted by Crippen LogP contribution is -2.43. The van der Waals surface area contributed by atoms with Crippen LogP contribution in [0.25, 0.3) is 0 Å². The standard InChI is InChI=1S/C28H41ClN2O/c1-3-4-5-10-31(2)11-6-7-20-8-9-25(29)24(13-20)26(32)30-19-27-15-21-12-22-14-23(17-27)28(22,16-21)18-27/h8-9,13,21-23H,3-7,10-12,14-19H2,1-2H3,(H,30,32). The van der Waals surface area contributed by atoms with Crippen molar-refractivity contribution < 1.29 is 4.79 Å². The average Bonchev–Trinajstić information content (AvgIpc) is 3.08. The van der Waals surface area contributed by atoms with Crippen molar-refractivity contribution in [1.29, 1.82) is 0 Å². The SMILES string of the molecule is CCCCCN(C)CCCc1ccc(Cl)c(C(=O)NCC23CC4CC5CC(C2)C5(C4)C3)c1. The van der Waals surface area contributed by atoms with Gasteiger partial charge in [0, 0.05) is 6.54 Å². The maximum Gasteiger partial charge on any atom is 0.252 e. The van der Waals surface area contributed by atoms with Crippen LogP contribution in [0.3, 0.4) is 0 Å². The molecule has 0 saturated heterocycles. The predicted molar refractivity (Wildman–Crippen MR) is 132 cm³/mol. The van der Waals surface area contributed by atoms with Crippen molar-refractivity contribution in [3.63, 3.8) is 0 Å². The number of hydrogen-bond donors (Lipinski definition) is 1. The summed E-state index contributed by atoms with van der Waals surface area (Å²) in [4.78, 5) is 15.6. The smallest absolute Gasteiger partial charge is 0.252 e. The van der Waals surface area contributed by atoms with E-state index in [1.54, 1.807) is 0 Å². The Morgan fingerprint density at radius 1 is 1.12 bits per heavy atom. The molecule has 1 aromatic carbocycles. The zero-order chi connectivity index (χ0) is 22.3. The molecule has 5 unspecified atom stereocenters. The first-order valence-electron chi connectivity index (χ1n) is 13.2. The molecular formula is C28H41ClN2O. The van der Waals surface area contributed by atoms with Gasteiger partial charge in [0.25, 0.3) is 5.91 Å². The highest BCUT2D eigenvalue weighted by Gasteiger charge is 2.70. The third-order valence-electron chi connectivity index (χ3n) is 9.63. The van der Waals surface area contributed by atoms with Gasteiger partial charge in [0.05, 0.1) is 10.6 Å². The Labute approximate surface area is 199 Å². The van der Waals surface area contributed by atoms with Gasteiger partial charge in [-0.2, -0.15) is 0 Å². The van der Waals surface area contributed by atoms with Gasteiger partial charge in [0.1, 0.15) is 0 Å². The predicted octanol–water partition coefficient (Wildman–Crippen LogP) is 6.34. The number of benzene rings is 1. The zero-order valence-corrected chi connectivity index (χ0v) is 20.9. The highest BCUT2D eigenvalue weighted by molar-refractivity contribution is 6.33. The number of fused-ring (bicyclic) bond motifs is 2. The van der Waals surface area contributed by atoms with Crippen LogP contribution in [-0.4, -0.2) is 37.5 Å². The molecule has 1 N–H and O–H groups in total. The lowest BCUT2D eigenvalue weighted by molar-refractivity contribution is -0.00253. The molecule has 4 aliphatic carbocycles. The van der Waals surface area contributed by atoms with Crippen LogP contribution in [0, 0.1) is 28.6 Å². The molecule has 5 atom stereocenters. The molecule has 1 amide bonds. The van der Waals surface area contributed by atoms with Gasteiger partial charge in [-0.05, 0) is 124 Å². The molecule has 3 nitrogen and oxygen atoms in total. The molecule has 0 aromatic heterocycles. The van der Waals surface area contributed by atoms with Gasteiger partial charge in [-0.1, -0.05) is 37.4 Å². The van der Waals surface area contributed by atoms with Crippen molar-refractivity contribution in [3.8, 4) is 0 Å². The summed E-state index contributed by atoms with van der Waals surface area (Å²) in [5.41, 5.74) is 2.92. The van der Waals surface area contributed by atoms with Crippen LogP contribution >= 0.6 is 11.6 Å². The van der Waals surface area contributed by atoms with Crippen molar-refractivity contribution in [3.05, 3.63) is 34.3 Å². The monoisotopic (exact) mass is 456 g/mol. The van der Waals surface area contributed by atoms with Crippen molar-refractivity contribution in [2.45, 2.75) is 77.6 Å². The second-order valence-corrected chi connectivity index (χ2v) is 12.3. The summed E-state index contributed by atoms with van der Waals surface area (Å²) in [6.07, 6.45) is 14.4. The number of carbonyl (C=O) groups excluding carboxylic acids is 1. The highest BCUT2D eigenvalue weighted by Crippen LogP contribution is 2.78. The van der Waals surface area contributed by atoms with E-state index < -0.39 is 0 Å². The van der Waals surface area contributed by atoms with E-state index in [0.29, 0.717) is 21.4 Å². The normalized spacial score (nSPS) is 34.1. The summed E-state index contributed by atoms with van der Waals surface area (Å²) in [6.45, 7) is 5.37. The lowest BCUT2D eigenvalue weighted by Gasteiger charge is -2.49. The van der Waals surface area contributed by atoms with Gasteiger partial charge in [-0.3, -0.25) is 4.79 Å². The maximum absolute atomic E-state index is 13.1. The van der Waals surface area contributed by atoms with Gasteiger partial charge in [-0.15, -0.1) is 0 Å². The van der Waals surface area contributed by atoms with Crippen molar-refractivity contribution in [2.24, 2.45) is 28.6 Å². The molecule has 3 bridgehead atoms. The first-order chi connectivity index (χ1) is 15.4. The highest BCUT2D eigenvalue weighted by atomic mass is 35.5. The number of unbranched alkanes of at least 4 members (excludes halogenated alkanes) is 2. The molecule has 4 aliphatic rings. The van der Waals surface area contributed by atoms with Gasteiger partial charge >= 0.3 is 0 Å².